The van der Waals surface area contributed by atoms with Crippen molar-refractivity contribution in [2.45, 2.75) is 25.9 Å². The van der Waals surface area contributed by atoms with E-state index in [4.69, 9.17) is 13.9 Å². The maximum absolute atomic E-state index is 12.3. The molecule has 5 nitrogen and oxygen atoms in total. The Kier molecular flexibility index (Phi) is 3.84. The van der Waals surface area contributed by atoms with Gasteiger partial charge < -0.3 is 19.2 Å². The summed E-state index contributed by atoms with van der Waals surface area (Å²) in [5, 5.41) is 3.78. The summed E-state index contributed by atoms with van der Waals surface area (Å²) < 4.78 is 16.4. The number of amides is 1. The van der Waals surface area contributed by atoms with E-state index in [0.29, 0.717) is 17.9 Å². The van der Waals surface area contributed by atoms with E-state index in [1.165, 1.54) is 0 Å². The first-order valence-corrected chi connectivity index (χ1v) is 7.16. The van der Waals surface area contributed by atoms with Crippen molar-refractivity contribution in [3.63, 3.8) is 0 Å². The lowest BCUT2D eigenvalue weighted by Gasteiger charge is -2.09. The van der Waals surface area contributed by atoms with E-state index in [9.17, 15) is 4.79 Å². The average Bonchev–Trinajstić information content (AvgIpc) is 3.13. The van der Waals surface area contributed by atoms with Gasteiger partial charge in [-0.3, -0.25) is 4.79 Å². The van der Waals surface area contributed by atoms with E-state index >= 15 is 0 Å². The first-order chi connectivity index (χ1) is 10.2. The van der Waals surface area contributed by atoms with Crippen molar-refractivity contribution in [3.8, 4) is 5.75 Å². The first-order valence-electron chi connectivity index (χ1n) is 7.16. The van der Waals surface area contributed by atoms with Crippen molar-refractivity contribution in [1.29, 1.82) is 0 Å². The summed E-state index contributed by atoms with van der Waals surface area (Å²) in [5.41, 5.74) is 1.52. The zero-order valence-electron chi connectivity index (χ0n) is 12.3. The molecule has 3 rings (SSSR count). The molecule has 1 fully saturated rings. The van der Waals surface area contributed by atoms with E-state index in [2.05, 4.69) is 5.32 Å². The van der Waals surface area contributed by atoms with Crippen LogP contribution in [-0.4, -0.2) is 32.3 Å². The predicted molar refractivity (Wildman–Crippen MR) is 78.8 cm³/mol. The molecule has 1 amide bonds. The summed E-state index contributed by atoms with van der Waals surface area (Å²) in [5.74, 6) is 0.909. The molecule has 2 aromatic rings. The fraction of sp³-hybridized carbons (Fsp3) is 0.438. The third-order valence-corrected chi connectivity index (χ3v) is 3.86. The summed E-state index contributed by atoms with van der Waals surface area (Å²) >= 11 is 0. The van der Waals surface area contributed by atoms with Crippen LogP contribution in [0.3, 0.4) is 0 Å². The zero-order valence-corrected chi connectivity index (χ0v) is 12.3. The molecule has 112 valence electrons. The SMILES string of the molecule is COc1ccc2oc(C(=O)NC[C@@H]3CCCO3)c(C)c2c1. The lowest BCUT2D eigenvalue weighted by atomic mass is 10.1. The largest absolute Gasteiger partial charge is 0.497 e. The Morgan fingerprint density at radius 1 is 1.48 bits per heavy atom. The van der Waals surface area contributed by atoms with Crippen LogP contribution >= 0.6 is 0 Å². The summed E-state index contributed by atoms with van der Waals surface area (Å²) in [7, 11) is 1.62. The second-order valence-corrected chi connectivity index (χ2v) is 5.26. The van der Waals surface area contributed by atoms with E-state index in [-0.39, 0.29) is 12.0 Å². The van der Waals surface area contributed by atoms with Gasteiger partial charge in [0.25, 0.3) is 5.91 Å². The quantitative estimate of drug-likeness (QED) is 0.940. The molecule has 0 radical (unpaired) electrons. The van der Waals surface area contributed by atoms with Crippen LogP contribution in [0, 0.1) is 6.92 Å². The molecule has 1 atom stereocenters. The maximum atomic E-state index is 12.3. The fourth-order valence-corrected chi connectivity index (χ4v) is 2.64. The number of carbonyl (C=O) groups excluding carboxylic acids is 1. The van der Waals surface area contributed by atoms with E-state index in [1.54, 1.807) is 7.11 Å². The number of hydrogen-bond acceptors (Lipinski definition) is 4. The standard InChI is InChI=1S/C16H19NO4/c1-10-13-8-11(19-2)5-6-14(13)21-15(10)16(18)17-9-12-4-3-7-20-12/h5-6,8,12H,3-4,7,9H2,1-2H3,(H,17,18)/t12-/m0/s1. The van der Waals surface area contributed by atoms with Gasteiger partial charge in [0.15, 0.2) is 5.76 Å². The highest BCUT2D eigenvalue weighted by molar-refractivity contribution is 5.99. The van der Waals surface area contributed by atoms with Gasteiger partial charge in [-0.2, -0.15) is 0 Å². The highest BCUT2D eigenvalue weighted by Crippen LogP contribution is 2.28. The van der Waals surface area contributed by atoms with E-state index < -0.39 is 0 Å². The molecule has 1 aromatic heterocycles. The molecular formula is C16H19NO4. The normalized spacial score (nSPS) is 18.1. The molecule has 1 aromatic carbocycles. The minimum atomic E-state index is -0.196. The van der Waals surface area contributed by atoms with E-state index in [0.717, 1.165) is 36.1 Å². The third-order valence-electron chi connectivity index (χ3n) is 3.86. The minimum Gasteiger partial charge on any atom is -0.497 e. The Balaban J connectivity index is 1.79. The molecule has 5 heteroatoms. The number of furan rings is 1. The van der Waals surface area contributed by atoms with Crippen LogP contribution in [0.15, 0.2) is 22.6 Å². The van der Waals surface area contributed by atoms with Crippen LogP contribution < -0.4 is 10.1 Å². The van der Waals surface area contributed by atoms with Crippen molar-refractivity contribution < 1.29 is 18.7 Å². The summed E-state index contributed by atoms with van der Waals surface area (Å²) in [6.45, 7) is 3.19. The Bertz CT molecular complexity index is 656. The van der Waals surface area contributed by atoms with Crippen molar-refractivity contribution >= 4 is 16.9 Å². The van der Waals surface area contributed by atoms with Gasteiger partial charge in [0.2, 0.25) is 0 Å². The molecule has 21 heavy (non-hydrogen) atoms. The van der Waals surface area contributed by atoms with E-state index in [1.807, 2.05) is 25.1 Å². The summed E-state index contributed by atoms with van der Waals surface area (Å²) in [6, 6.07) is 5.52. The Morgan fingerprint density at radius 2 is 2.33 bits per heavy atom. The summed E-state index contributed by atoms with van der Waals surface area (Å²) in [4.78, 5) is 12.3. The fourth-order valence-electron chi connectivity index (χ4n) is 2.64. The van der Waals surface area contributed by atoms with Crippen LogP contribution in [0.5, 0.6) is 5.75 Å². The monoisotopic (exact) mass is 289 g/mol. The van der Waals surface area contributed by atoms with Crippen LogP contribution in [0.25, 0.3) is 11.0 Å². The van der Waals surface area contributed by atoms with Gasteiger partial charge in [0, 0.05) is 24.1 Å². The Hall–Kier alpha value is -2.01. The molecule has 0 aliphatic carbocycles. The molecule has 0 unspecified atom stereocenters. The molecule has 1 N–H and O–H groups in total. The van der Waals surface area contributed by atoms with Gasteiger partial charge in [0.05, 0.1) is 13.2 Å². The number of ether oxygens (including phenoxy) is 2. The average molecular weight is 289 g/mol. The third kappa shape index (κ3) is 2.74. The minimum absolute atomic E-state index is 0.124. The molecule has 0 saturated carbocycles. The van der Waals surface area contributed by atoms with Crippen molar-refractivity contribution in [2.24, 2.45) is 0 Å². The van der Waals surface area contributed by atoms with Gasteiger partial charge >= 0.3 is 0 Å². The molecule has 1 aliphatic heterocycles. The molecule has 1 aliphatic rings. The van der Waals surface area contributed by atoms with Crippen LogP contribution in [0.4, 0.5) is 0 Å². The van der Waals surface area contributed by atoms with Crippen molar-refractivity contribution in [1.82, 2.24) is 5.32 Å². The molecule has 1 saturated heterocycles. The summed E-state index contributed by atoms with van der Waals surface area (Å²) in [6.07, 6.45) is 2.18. The number of fused-ring (bicyclic) bond motifs is 1. The Labute approximate surface area is 123 Å². The van der Waals surface area contributed by atoms with Gasteiger partial charge in [-0.25, -0.2) is 0 Å². The number of aryl methyl sites for hydroxylation is 1. The van der Waals surface area contributed by atoms with Crippen LogP contribution in [0.1, 0.15) is 29.0 Å². The predicted octanol–water partition coefficient (Wildman–Crippen LogP) is 2.66. The van der Waals surface area contributed by atoms with Crippen LogP contribution in [-0.2, 0) is 4.74 Å². The maximum Gasteiger partial charge on any atom is 0.287 e. The number of hydrogen-bond donors (Lipinski definition) is 1. The molecular weight excluding hydrogens is 270 g/mol. The first kappa shape index (κ1) is 13.9. The lowest BCUT2D eigenvalue weighted by Crippen LogP contribution is -2.31. The zero-order chi connectivity index (χ0) is 14.8. The smallest absolute Gasteiger partial charge is 0.287 e. The Morgan fingerprint density at radius 3 is 3.05 bits per heavy atom. The number of methoxy groups -OCH3 is 1. The van der Waals surface area contributed by atoms with Gasteiger partial charge in [-0.15, -0.1) is 0 Å². The molecule has 0 bridgehead atoms. The second kappa shape index (κ2) is 5.77. The molecule has 0 spiro atoms. The number of carbonyl (C=O) groups is 1. The molecule has 2 heterocycles. The van der Waals surface area contributed by atoms with Crippen LogP contribution in [0.2, 0.25) is 0 Å². The van der Waals surface area contributed by atoms with Gasteiger partial charge in [-0.1, -0.05) is 0 Å². The van der Waals surface area contributed by atoms with Crippen molar-refractivity contribution in [3.05, 3.63) is 29.5 Å². The number of rotatable bonds is 4. The highest BCUT2D eigenvalue weighted by Gasteiger charge is 2.21. The second-order valence-electron chi connectivity index (χ2n) is 5.26. The number of benzene rings is 1. The van der Waals surface area contributed by atoms with Gasteiger partial charge in [0.1, 0.15) is 11.3 Å². The topological polar surface area (TPSA) is 60.7 Å². The highest BCUT2D eigenvalue weighted by atomic mass is 16.5. The number of nitrogens with one attached hydrogen (secondary N) is 1. The van der Waals surface area contributed by atoms with Gasteiger partial charge in [-0.05, 0) is 38.0 Å². The van der Waals surface area contributed by atoms with Crippen molar-refractivity contribution in [2.75, 3.05) is 20.3 Å². The lowest BCUT2D eigenvalue weighted by molar-refractivity contribution is 0.0836.